The number of rotatable bonds is 7. The lowest BCUT2D eigenvalue weighted by molar-refractivity contribution is 0.0474. The maximum absolute atomic E-state index is 15.5. The summed E-state index contributed by atoms with van der Waals surface area (Å²) in [5.74, 6) is -0.319. The Kier molecular flexibility index (Phi) is 8.10. The SMILES string of the molecule is CC(NC(=O)c1cc(C(C)(C)O)on1)c1ccc(-c2ccnc3[nH]nc(N[C@@H]4CC[C@H](C)N(C(=O)N(C)C)C4)c23)cc1F. The summed E-state index contributed by atoms with van der Waals surface area (Å²) in [6, 6.07) is 7.41. The van der Waals surface area contributed by atoms with E-state index >= 15 is 4.39 Å². The second kappa shape index (κ2) is 11.6. The van der Waals surface area contributed by atoms with Crippen molar-refractivity contribution in [1.82, 2.24) is 35.5 Å². The van der Waals surface area contributed by atoms with Crippen LogP contribution in [0.15, 0.2) is 41.1 Å². The molecule has 0 aliphatic carbocycles. The van der Waals surface area contributed by atoms with E-state index in [1.54, 1.807) is 50.3 Å². The van der Waals surface area contributed by atoms with E-state index in [-0.39, 0.29) is 29.6 Å². The summed E-state index contributed by atoms with van der Waals surface area (Å²) >= 11 is 0. The standard InChI is InChI=1S/C30H37FN8O4/c1-16-7-9-19(15-39(16)29(41)38(5)6)34-27-25-21(11-12-32-26(25)35-36-27)18-8-10-20(22(31)13-18)17(2)33-28(40)23-14-24(43-37-23)30(3,4)42/h8,10-14,16-17,19,42H,7,9,15H2,1-6H3,(H,33,40)(H2,32,34,35,36)/t16-,17?,19+/m0/s1. The van der Waals surface area contributed by atoms with Gasteiger partial charge in [-0.1, -0.05) is 17.3 Å². The molecule has 3 atom stereocenters. The molecular formula is C30H37FN8O4. The second-order valence-corrected chi connectivity index (χ2v) is 11.8. The maximum Gasteiger partial charge on any atom is 0.319 e. The molecule has 1 aliphatic rings. The highest BCUT2D eigenvalue weighted by Crippen LogP contribution is 2.34. The van der Waals surface area contributed by atoms with E-state index in [0.29, 0.717) is 34.5 Å². The molecule has 4 N–H and O–H groups in total. The van der Waals surface area contributed by atoms with Crippen molar-refractivity contribution < 1.29 is 23.6 Å². The molecule has 1 aliphatic heterocycles. The third kappa shape index (κ3) is 6.17. The molecule has 0 bridgehead atoms. The van der Waals surface area contributed by atoms with Crippen LogP contribution in [0.25, 0.3) is 22.2 Å². The number of aromatic nitrogens is 4. The largest absolute Gasteiger partial charge is 0.382 e. The zero-order valence-corrected chi connectivity index (χ0v) is 25.1. The molecule has 3 aromatic heterocycles. The number of nitrogens with zero attached hydrogens (tertiary/aromatic N) is 5. The lowest BCUT2D eigenvalue weighted by Gasteiger charge is -2.39. The first-order valence-corrected chi connectivity index (χ1v) is 14.2. The third-order valence-electron chi connectivity index (χ3n) is 7.78. The topological polar surface area (TPSA) is 153 Å². The van der Waals surface area contributed by atoms with Gasteiger partial charge in [0.15, 0.2) is 22.9 Å². The molecule has 1 unspecified atom stereocenters. The number of amides is 3. The van der Waals surface area contributed by atoms with E-state index < -0.39 is 23.4 Å². The molecule has 1 fully saturated rings. The van der Waals surface area contributed by atoms with Crippen LogP contribution in [0.3, 0.4) is 0 Å². The van der Waals surface area contributed by atoms with Gasteiger partial charge >= 0.3 is 6.03 Å². The molecule has 228 valence electrons. The van der Waals surface area contributed by atoms with Crippen LogP contribution in [0.2, 0.25) is 0 Å². The number of nitrogens with one attached hydrogen (secondary N) is 3. The highest BCUT2D eigenvalue weighted by Gasteiger charge is 2.31. The van der Waals surface area contributed by atoms with Gasteiger partial charge in [-0.05, 0) is 63.8 Å². The monoisotopic (exact) mass is 592 g/mol. The van der Waals surface area contributed by atoms with Crippen LogP contribution >= 0.6 is 0 Å². The molecule has 13 heteroatoms. The molecule has 0 spiro atoms. The zero-order valence-electron chi connectivity index (χ0n) is 25.1. The molecule has 0 radical (unpaired) electrons. The number of fused-ring (bicyclic) bond motifs is 1. The van der Waals surface area contributed by atoms with E-state index in [0.717, 1.165) is 18.4 Å². The Bertz CT molecular complexity index is 1640. The number of aliphatic hydroxyl groups is 1. The Labute approximate surface area is 248 Å². The lowest BCUT2D eigenvalue weighted by atomic mass is 9.98. The van der Waals surface area contributed by atoms with Gasteiger partial charge in [-0.25, -0.2) is 14.2 Å². The first-order chi connectivity index (χ1) is 20.3. The number of pyridine rings is 1. The van der Waals surface area contributed by atoms with Crippen molar-refractivity contribution in [2.45, 2.75) is 64.3 Å². The van der Waals surface area contributed by atoms with Crippen LogP contribution in [-0.4, -0.2) is 79.9 Å². The number of piperidine rings is 1. The Hall–Kier alpha value is -4.52. The normalized spacial score (nSPS) is 18.0. The third-order valence-corrected chi connectivity index (χ3v) is 7.78. The Morgan fingerprint density at radius 2 is 2.00 bits per heavy atom. The van der Waals surface area contributed by atoms with Gasteiger partial charge in [-0.2, -0.15) is 5.10 Å². The fraction of sp³-hybridized carbons (Fsp3) is 0.433. The van der Waals surface area contributed by atoms with E-state index in [4.69, 9.17) is 4.52 Å². The number of aromatic amines is 1. The average Bonchev–Trinajstić information content (AvgIpc) is 3.62. The summed E-state index contributed by atoms with van der Waals surface area (Å²) in [6.45, 7) is 7.29. The van der Waals surface area contributed by atoms with E-state index in [1.165, 1.54) is 26.0 Å². The van der Waals surface area contributed by atoms with E-state index in [9.17, 15) is 14.7 Å². The number of carbonyl (C=O) groups is 2. The zero-order chi connectivity index (χ0) is 31.1. The van der Waals surface area contributed by atoms with Gasteiger partial charge in [0.25, 0.3) is 5.91 Å². The van der Waals surface area contributed by atoms with Crippen molar-refractivity contribution >= 4 is 28.8 Å². The Morgan fingerprint density at radius 3 is 2.67 bits per heavy atom. The average molecular weight is 593 g/mol. The van der Waals surface area contributed by atoms with Crippen LogP contribution in [0, 0.1) is 5.82 Å². The van der Waals surface area contributed by atoms with Crippen molar-refractivity contribution in [2.24, 2.45) is 0 Å². The van der Waals surface area contributed by atoms with Gasteiger partial charge in [-0.15, -0.1) is 0 Å². The van der Waals surface area contributed by atoms with E-state index in [1.807, 2.05) is 4.90 Å². The molecular weight excluding hydrogens is 555 g/mol. The van der Waals surface area contributed by atoms with Crippen LogP contribution in [-0.2, 0) is 5.60 Å². The number of H-pyrrole nitrogens is 1. The predicted molar refractivity (Wildman–Crippen MR) is 159 cm³/mol. The second-order valence-electron chi connectivity index (χ2n) is 11.8. The van der Waals surface area contributed by atoms with Crippen molar-refractivity contribution in [3.8, 4) is 11.1 Å². The summed E-state index contributed by atoms with van der Waals surface area (Å²) in [5.41, 5.74) is 0.888. The fourth-order valence-corrected chi connectivity index (χ4v) is 5.30. The summed E-state index contributed by atoms with van der Waals surface area (Å²) in [4.78, 5) is 33.3. The van der Waals surface area contributed by atoms with Crippen LogP contribution in [0.5, 0.6) is 0 Å². The number of anilines is 1. The Morgan fingerprint density at radius 1 is 1.23 bits per heavy atom. The number of urea groups is 1. The molecule has 0 saturated carbocycles. The van der Waals surface area contributed by atoms with Gasteiger partial charge < -0.3 is 30.1 Å². The van der Waals surface area contributed by atoms with Gasteiger partial charge in [-0.3, -0.25) is 9.89 Å². The number of benzene rings is 1. The van der Waals surface area contributed by atoms with Crippen molar-refractivity contribution in [1.29, 1.82) is 0 Å². The molecule has 5 rings (SSSR count). The maximum atomic E-state index is 15.5. The van der Waals surface area contributed by atoms with Gasteiger partial charge in [0.05, 0.1) is 11.4 Å². The lowest BCUT2D eigenvalue weighted by Crippen LogP contribution is -2.52. The minimum absolute atomic E-state index is 0.0122. The smallest absolute Gasteiger partial charge is 0.319 e. The van der Waals surface area contributed by atoms with Crippen LogP contribution < -0.4 is 10.6 Å². The van der Waals surface area contributed by atoms with Crippen LogP contribution in [0.4, 0.5) is 15.0 Å². The predicted octanol–water partition coefficient (Wildman–Crippen LogP) is 4.42. The minimum atomic E-state index is -1.29. The number of carbonyl (C=O) groups excluding carboxylic acids is 2. The van der Waals surface area contributed by atoms with Crippen molar-refractivity contribution in [3.05, 3.63) is 59.4 Å². The number of hydrogen-bond acceptors (Lipinski definition) is 8. The summed E-state index contributed by atoms with van der Waals surface area (Å²) < 4.78 is 20.6. The molecule has 3 amide bonds. The minimum Gasteiger partial charge on any atom is -0.382 e. The molecule has 1 aromatic carbocycles. The Balaban J connectivity index is 1.36. The van der Waals surface area contributed by atoms with Crippen molar-refractivity contribution in [2.75, 3.05) is 26.0 Å². The molecule has 12 nitrogen and oxygen atoms in total. The van der Waals surface area contributed by atoms with Gasteiger partial charge in [0, 0.05) is 50.6 Å². The summed E-state index contributed by atoms with van der Waals surface area (Å²) in [6.07, 6.45) is 3.35. The number of halogens is 1. The first-order valence-electron chi connectivity index (χ1n) is 14.2. The number of hydrogen-bond donors (Lipinski definition) is 4. The van der Waals surface area contributed by atoms with Gasteiger partial charge in [0.1, 0.15) is 11.4 Å². The molecule has 4 heterocycles. The van der Waals surface area contributed by atoms with Crippen molar-refractivity contribution in [3.63, 3.8) is 0 Å². The molecule has 43 heavy (non-hydrogen) atoms. The van der Waals surface area contributed by atoms with Gasteiger partial charge in [0.2, 0.25) is 0 Å². The first kappa shape index (κ1) is 30.0. The van der Waals surface area contributed by atoms with E-state index in [2.05, 4.69) is 37.9 Å². The summed E-state index contributed by atoms with van der Waals surface area (Å²) in [7, 11) is 3.49. The number of likely N-dealkylation sites (tertiary alicyclic amines) is 1. The fourth-order valence-electron chi connectivity index (χ4n) is 5.30. The molecule has 1 saturated heterocycles. The highest BCUT2D eigenvalue weighted by atomic mass is 19.1. The molecule has 4 aromatic rings. The van der Waals surface area contributed by atoms with Crippen LogP contribution in [0.1, 0.15) is 68.4 Å². The summed E-state index contributed by atoms with van der Waals surface area (Å²) in [5, 5.41) is 28.1. The quantitative estimate of drug-likeness (QED) is 0.246. The highest BCUT2D eigenvalue weighted by molar-refractivity contribution is 6.00.